The molecule has 0 saturated heterocycles. The van der Waals surface area contributed by atoms with E-state index in [1.54, 1.807) is 11.6 Å². The van der Waals surface area contributed by atoms with Gasteiger partial charge in [-0.2, -0.15) is 0 Å². The lowest BCUT2D eigenvalue weighted by Gasteiger charge is -2.08. The molecule has 2 heterocycles. The fraction of sp³-hybridized carbons (Fsp3) is 0.455. The molecule has 0 unspecified atom stereocenters. The Kier molecular flexibility index (Phi) is 2.14. The molecule has 0 saturated carbocycles. The summed E-state index contributed by atoms with van der Waals surface area (Å²) in [5, 5.41) is 0. The van der Waals surface area contributed by atoms with Gasteiger partial charge in [-0.25, -0.2) is 9.78 Å². The van der Waals surface area contributed by atoms with Gasteiger partial charge in [-0.05, 0) is 24.5 Å². The number of pyridine rings is 1. The van der Waals surface area contributed by atoms with Gasteiger partial charge in [0.15, 0.2) is 5.65 Å². The quantitative estimate of drug-likeness (QED) is 0.770. The zero-order chi connectivity index (χ0) is 11.2. The van der Waals surface area contributed by atoms with Gasteiger partial charge in [-0.1, -0.05) is 13.8 Å². The molecule has 1 N–H and O–H groups in total. The summed E-state index contributed by atoms with van der Waals surface area (Å²) in [7, 11) is 1.73. The van der Waals surface area contributed by atoms with Gasteiger partial charge in [0.1, 0.15) is 0 Å². The number of hydrogen-bond donors (Lipinski definition) is 1. The molecular formula is C11H15N3O. The summed E-state index contributed by atoms with van der Waals surface area (Å²) in [4.78, 5) is 18.7. The third-order valence-corrected chi connectivity index (χ3v) is 2.64. The molecule has 0 fully saturated rings. The molecule has 0 aliphatic heterocycles. The van der Waals surface area contributed by atoms with Crippen LogP contribution in [0.15, 0.2) is 10.9 Å². The number of rotatable bonds is 1. The van der Waals surface area contributed by atoms with Crippen LogP contribution in [0.1, 0.15) is 31.0 Å². The average Bonchev–Trinajstić information content (AvgIpc) is 2.41. The molecule has 0 aromatic carbocycles. The van der Waals surface area contributed by atoms with Gasteiger partial charge in [0.25, 0.3) is 0 Å². The van der Waals surface area contributed by atoms with E-state index in [9.17, 15) is 4.79 Å². The number of aryl methyl sites for hydroxylation is 2. The highest BCUT2D eigenvalue weighted by Crippen LogP contribution is 2.19. The van der Waals surface area contributed by atoms with Crippen molar-refractivity contribution in [1.29, 1.82) is 0 Å². The van der Waals surface area contributed by atoms with Crippen LogP contribution >= 0.6 is 0 Å². The second kappa shape index (κ2) is 3.22. The van der Waals surface area contributed by atoms with Crippen LogP contribution in [0.5, 0.6) is 0 Å². The van der Waals surface area contributed by atoms with Crippen molar-refractivity contribution in [3.63, 3.8) is 0 Å². The maximum atomic E-state index is 11.4. The molecule has 2 aromatic heterocycles. The van der Waals surface area contributed by atoms with E-state index >= 15 is 0 Å². The summed E-state index contributed by atoms with van der Waals surface area (Å²) >= 11 is 0. The number of nitrogens with one attached hydrogen (secondary N) is 1. The minimum atomic E-state index is -0.113. The van der Waals surface area contributed by atoms with Gasteiger partial charge in [0, 0.05) is 12.7 Å². The fourth-order valence-corrected chi connectivity index (χ4v) is 1.84. The molecule has 0 spiro atoms. The summed E-state index contributed by atoms with van der Waals surface area (Å²) in [6.45, 7) is 6.23. The van der Waals surface area contributed by atoms with Crippen LogP contribution in [0.25, 0.3) is 11.2 Å². The fourth-order valence-electron chi connectivity index (χ4n) is 1.84. The zero-order valence-electron chi connectivity index (χ0n) is 9.46. The highest BCUT2D eigenvalue weighted by molar-refractivity contribution is 5.71. The Morgan fingerprint density at radius 2 is 2.13 bits per heavy atom. The lowest BCUT2D eigenvalue weighted by molar-refractivity contribution is 0.805. The van der Waals surface area contributed by atoms with Crippen LogP contribution in [0.2, 0.25) is 0 Å². The Morgan fingerprint density at radius 3 is 2.73 bits per heavy atom. The van der Waals surface area contributed by atoms with Crippen molar-refractivity contribution in [2.45, 2.75) is 26.7 Å². The Morgan fingerprint density at radius 1 is 1.47 bits per heavy atom. The third kappa shape index (κ3) is 1.46. The van der Waals surface area contributed by atoms with Gasteiger partial charge in [0.05, 0.1) is 5.52 Å². The predicted molar refractivity (Wildman–Crippen MR) is 60.2 cm³/mol. The van der Waals surface area contributed by atoms with Crippen molar-refractivity contribution < 1.29 is 0 Å². The van der Waals surface area contributed by atoms with E-state index in [2.05, 4.69) is 23.8 Å². The molecule has 0 aliphatic rings. The van der Waals surface area contributed by atoms with E-state index in [4.69, 9.17) is 0 Å². The van der Waals surface area contributed by atoms with Crippen molar-refractivity contribution in [2.75, 3.05) is 0 Å². The molecule has 80 valence electrons. The molecule has 0 atom stereocenters. The summed E-state index contributed by atoms with van der Waals surface area (Å²) in [6, 6.07) is 1.99. The van der Waals surface area contributed by atoms with Crippen LogP contribution in [0, 0.1) is 6.92 Å². The van der Waals surface area contributed by atoms with Crippen LogP contribution in [0.4, 0.5) is 0 Å². The standard InChI is InChI=1S/C11H15N3O/c1-6(2)9-7(3)5-8-10(13-9)14(4)11(15)12-8/h5-6H,1-4H3,(H,12,15). The third-order valence-electron chi connectivity index (χ3n) is 2.64. The number of nitrogens with zero attached hydrogens (tertiary/aromatic N) is 2. The van der Waals surface area contributed by atoms with Crippen LogP contribution < -0.4 is 5.69 Å². The first kappa shape index (κ1) is 9.96. The monoisotopic (exact) mass is 205 g/mol. The van der Waals surface area contributed by atoms with E-state index in [0.717, 1.165) is 22.4 Å². The Hall–Kier alpha value is -1.58. The predicted octanol–water partition coefficient (Wildman–Crippen LogP) is 1.69. The first-order valence-corrected chi connectivity index (χ1v) is 5.07. The summed E-state index contributed by atoms with van der Waals surface area (Å²) in [5.41, 5.74) is 3.60. The summed E-state index contributed by atoms with van der Waals surface area (Å²) in [6.07, 6.45) is 0. The minimum absolute atomic E-state index is 0.113. The highest BCUT2D eigenvalue weighted by Gasteiger charge is 2.10. The number of aromatic amines is 1. The molecule has 2 aromatic rings. The van der Waals surface area contributed by atoms with Crippen molar-refractivity contribution in [2.24, 2.45) is 7.05 Å². The van der Waals surface area contributed by atoms with Crippen molar-refractivity contribution in [3.05, 3.63) is 27.8 Å². The first-order chi connectivity index (χ1) is 7.00. The average molecular weight is 205 g/mol. The molecule has 4 heteroatoms. The number of hydrogen-bond acceptors (Lipinski definition) is 2. The van der Waals surface area contributed by atoms with E-state index in [1.807, 2.05) is 13.0 Å². The molecule has 0 radical (unpaired) electrons. The molecule has 0 amide bonds. The smallest absolute Gasteiger partial charge is 0.304 e. The topological polar surface area (TPSA) is 50.7 Å². The molecule has 0 bridgehead atoms. The van der Waals surface area contributed by atoms with Crippen molar-refractivity contribution in [3.8, 4) is 0 Å². The highest BCUT2D eigenvalue weighted by atomic mass is 16.1. The van der Waals surface area contributed by atoms with Gasteiger partial charge in [-0.15, -0.1) is 0 Å². The first-order valence-electron chi connectivity index (χ1n) is 5.07. The number of H-pyrrole nitrogens is 1. The van der Waals surface area contributed by atoms with Crippen LogP contribution in [-0.4, -0.2) is 14.5 Å². The number of imidazole rings is 1. The van der Waals surface area contributed by atoms with Crippen LogP contribution in [0.3, 0.4) is 0 Å². The van der Waals surface area contributed by atoms with E-state index < -0.39 is 0 Å². The van der Waals surface area contributed by atoms with E-state index in [1.165, 1.54) is 0 Å². The van der Waals surface area contributed by atoms with E-state index in [0.29, 0.717) is 5.92 Å². The molecule has 4 nitrogen and oxygen atoms in total. The van der Waals surface area contributed by atoms with Crippen molar-refractivity contribution >= 4 is 11.2 Å². The molecule has 2 rings (SSSR count). The Labute approximate surface area is 88.0 Å². The molecule has 15 heavy (non-hydrogen) atoms. The number of fused-ring (bicyclic) bond motifs is 1. The van der Waals surface area contributed by atoms with Gasteiger partial charge in [0.2, 0.25) is 0 Å². The lowest BCUT2D eigenvalue weighted by atomic mass is 10.0. The second-order valence-electron chi connectivity index (χ2n) is 4.21. The minimum Gasteiger partial charge on any atom is -0.304 e. The summed E-state index contributed by atoms with van der Waals surface area (Å²) in [5.74, 6) is 0.374. The largest absolute Gasteiger partial charge is 0.327 e. The maximum absolute atomic E-state index is 11.4. The lowest BCUT2D eigenvalue weighted by Crippen LogP contribution is -2.12. The second-order valence-corrected chi connectivity index (χ2v) is 4.21. The van der Waals surface area contributed by atoms with Gasteiger partial charge in [-0.3, -0.25) is 4.57 Å². The SMILES string of the molecule is Cc1cc2[nH]c(=O)n(C)c2nc1C(C)C. The van der Waals surface area contributed by atoms with E-state index in [-0.39, 0.29) is 5.69 Å². The Balaban J connectivity index is 2.83. The van der Waals surface area contributed by atoms with Crippen molar-refractivity contribution in [1.82, 2.24) is 14.5 Å². The number of aromatic nitrogens is 3. The summed E-state index contributed by atoms with van der Waals surface area (Å²) < 4.78 is 1.54. The molecule has 0 aliphatic carbocycles. The normalized spacial score (nSPS) is 11.5. The van der Waals surface area contributed by atoms with Crippen LogP contribution in [-0.2, 0) is 7.05 Å². The molecular weight excluding hydrogens is 190 g/mol. The van der Waals surface area contributed by atoms with Gasteiger partial charge >= 0.3 is 5.69 Å². The zero-order valence-corrected chi connectivity index (χ0v) is 9.46. The maximum Gasteiger partial charge on any atom is 0.327 e. The Bertz CT molecular complexity index is 563. The van der Waals surface area contributed by atoms with Gasteiger partial charge < -0.3 is 4.98 Å².